The Balaban J connectivity index is -0.000000503. The Hall–Kier alpha value is -1.69. The Bertz CT molecular complexity index is 789. The van der Waals surface area contributed by atoms with Gasteiger partial charge in [0.1, 0.15) is 0 Å². The van der Waals surface area contributed by atoms with E-state index < -0.39 is 0 Å². The summed E-state index contributed by atoms with van der Waals surface area (Å²) >= 11 is 0. The van der Waals surface area contributed by atoms with Crippen LogP contribution in [0.1, 0.15) is 99.6 Å². The Kier molecular flexibility index (Phi) is 16.6. The van der Waals surface area contributed by atoms with E-state index in [2.05, 4.69) is 112 Å². The maximum atomic E-state index is 4.20. The summed E-state index contributed by atoms with van der Waals surface area (Å²) in [5.74, 6) is 0.828. The maximum absolute atomic E-state index is 4.20. The molecule has 1 aliphatic carbocycles. The van der Waals surface area contributed by atoms with Crippen LogP contribution in [0.3, 0.4) is 0 Å². The SMILES string of the molecule is C.C=C(/C(C)=C/C1CCCC1)C(C)(C)C.C=C(/C(C)=C/c1ccccc1C)C(C)(C)C.[B].[B]. The van der Waals surface area contributed by atoms with Gasteiger partial charge in [0, 0.05) is 16.8 Å². The standard InChI is InChI=1S/C16H22.C14H24.CH4.2B/c1-12-9-7-8-10-15(12)11-13(2)14(3)16(4,5)6;1-11(12(2)14(3,4)5)10-13-8-6-7-9-13;;;/h7-11H,3H2,1-2,4-6H3;10,13H,2,6-9H2,1,3-5H3;1H4;;/b13-11+;11-10+;;;. The molecule has 0 unspecified atom stereocenters. The van der Waals surface area contributed by atoms with Crippen LogP contribution < -0.4 is 0 Å². The van der Waals surface area contributed by atoms with Gasteiger partial charge in [-0.25, -0.2) is 0 Å². The Morgan fingerprint density at radius 2 is 1.24 bits per heavy atom. The quantitative estimate of drug-likeness (QED) is 0.320. The summed E-state index contributed by atoms with van der Waals surface area (Å²) in [5.41, 5.74) is 8.13. The van der Waals surface area contributed by atoms with Crippen LogP contribution in [-0.2, 0) is 0 Å². The normalized spacial score (nSPS) is 14.7. The Labute approximate surface area is 211 Å². The van der Waals surface area contributed by atoms with Crippen molar-refractivity contribution in [1.82, 2.24) is 0 Å². The van der Waals surface area contributed by atoms with Crippen molar-refractivity contribution in [2.45, 2.75) is 95.4 Å². The van der Waals surface area contributed by atoms with Gasteiger partial charge in [-0.05, 0) is 78.2 Å². The van der Waals surface area contributed by atoms with E-state index in [0.29, 0.717) is 0 Å². The van der Waals surface area contributed by atoms with E-state index in [1.54, 1.807) is 0 Å². The lowest BCUT2D eigenvalue weighted by Crippen LogP contribution is -2.09. The topological polar surface area (TPSA) is 0 Å². The summed E-state index contributed by atoms with van der Waals surface area (Å²) in [5, 5.41) is 0. The minimum Gasteiger partial charge on any atom is -0.0950 e. The molecule has 0 atom stereocenters. The predicted molar refractivity (Wildman–Crippen MR) is 156 cm³/mol. The van der Waals surface area contributed by atoms with Crippen LogP contribution in [0.5, 0.6) is 0 Å². The van der Waals surface area contributed by atoms with E-state index in [1.807, 2.05) is 0 Å². The summed E-state index contributed by atoms with van der Waals surface area (Å²) in [6.45, 7) is 28.2. The fraction of sp³-hybridized carbons (Fsp3) is 0.548. The lowest BCUT2D eigenvalue weighted by Gasteiger charge is -2.23. The first-order chi connectivity index (χ1) is 13.7. The van der Waals surface area contributed by atoms with Gasteiger partial charge in [0.15, 0.2) is 0 Å². The molecule has 0 aromatic heterocycles. The van der Waals surface area contributed by atoms with Crippen molar-refractivity contribution in [2.75, 3.05) is 0 Å². The summed E-state index contributed by atoms with van der Waals surface area (Å²) in [7, 11) is 0. The van der Waals surface area contributed by atoms with Crippen molar-refractivity contribution in [3.63, 3.8) is 0 Å². The second-order valence-corrected chi connectivity index (χ2v) is 11.0. The molecule has 33 heavy (non-hydrogen) atoms. The number of benzene rings is 1. The Morgan fingerprint density at radius 3 is 1.67 bits per heavy atom. The molecule has 1 saturated carbocycles. The molecule has 0 bridgehead atoms. The van der Waals surface area contributed by atoms with Gasteiger partial charge in [-0.15, -0.1) is 0 Å². The largest absolute Gasteiger partial charge is 0.0950 e. The van der Waals surface area contributed by atoms with Crippen molar-refractivity contribution >= 4 is 22.9 Å². The molecule has 0 N–H and O–H groups in total. The maximum Gasteiger partial charge on any atom is 0 e. The highest BCUT2D eigenvalue weighted by Crippen LogP contribution is 2.33. The molecule has 1 aromatic carbocycles. The highest BCUT2D eigenvalue weighted by Gasteiger charge is 2.18. The van der Waals surface area contributed by atoms with E-state index in [4.69, 9.17) is 0 Å². The minimum absolute atomic E-state index is 0. The zero-order valence-corrected chi connectivity index (χ0v) is 22.4. The van der Waals surface area contributed by atoms with Crippen LogP contribution in [0.15, 0.2) is 65.8 Å². The number of hydrogen-bond donors (Lipinski definition) is 0. The first kappa shape index (κ1) is 35.9. The summed E-state index contributed by atoms with van der Waals surface area (Å²) in [4.78, 5) is 0. The molecule has 0 aliphatic heterocycles. The number of hydrogen-bond acceptors (Lipinski definition) is 0. The van der Waals surface area contributed by atoms with Gasteiger partial charge >= 0.3 is 0 Å². The summed E-state index contributed by atoms with van der Waals surface area (Å²) in [6, 6.07) is 8.43. The van der Waals surface area contributed by atoms with E-state index in [0.717, 1.165) is 5.92 Å². The number of rotatable bonds is 4. The third kappa shape index (κ3) is 12.4. The van der Waals surface area contributed by atoms with E-state index >= 15 is 0 Å². The van der Waals surface area contributed by atoms with Crippen LogP contribution in [0.2, 0.25) is 0 Å². The molecule has 1 aromatic rings. The molecule has 1 aliphatic rings. The first-order valence-electron chi connectivity index (χ1n) is 11.6. The lowest BCUT2D eigenvalue weighted by molar-refractivity contribution is 0.510. The average Bonchev–Trinajstić information content (AvgIpc) is 3.14. The fourth-order valence-electron chi connectivity index (χ4n) is 3.83. The van der Waals surface area contributed by atoms with Gasteiger partial charge in [-0.1, -0.05) is 117 Å². The van der Waals surface area contributed by atoms with Crippen molar-refractivity contribution in [2.24, 2.45) is 16.7 Å². The first-order valence-corrected chi connectivity index (χ1v) is 11.6. The zero-order valence-electron chi connectivity index (χ0n) is 22.4. The molecule has 0 spiro atoms. The van der Waals surface area contributed by atoms with Crippen LogP contribution in [0.25, 0.3) is 6.08 Å². The molecule has 6 radical (unpaired) electrons. The molecule has 180 valence electrons. The predicted octanol–water partition coefficient (Wildman–Crippen LogP) is 9.60. The van der Waals surface area contributed by atoms with Gasteiger partial charge in [0.05, 0.1) is 0 Å². The second-order valence-electron chi connectivity index (χ2n) is 11.0. The van der Waals surface area contributed by atoms with Crippen molar-refractivity contribution < 1.29 is 0 Å². The van der Waals surface area contributed by atoms with E-state index in [9.17, 15) is 0 Å². The molecular weight excluding hydrogens is 394 g/mol. The molecule has 2 rings (SSSR count). The molecule has 1 fully saturated rings. The van der Waals surface area contributed by atoms with Crippen LogP contribution in [0.4, 0.5) is 0 Å². The summed E-state index contributed by atoms with van der Waals surface area (Å²) < 4.78 is 0. The van der Waals surface area contributed by atoms with Gasteiger partial charge in [-0.3, -0.25) is 0 Å². The zero-order chi connectivity index (χ0) is 23.1. The molecule has 0 saturated heterocycles. The van der Waals surface area contributed by atoms with Crippen LogP contribution in [0, 0.1) is 23.7 Å². The highest BCUT2D eigenvalue weighted by molar-refractivity contribution is 5.76. The fourth-order valence-corrected chi connectivity index (χ4v) is 3.83. The van der Waals surface area contributed by atoms with Gasteiger partial charge in [0.25, 0.3) is 0 Å². The van der Waals surface area contributed by atoms with E-state index in [1.165, 1.54) is 59.1 Å². The third-order valence-electron chi connectivity index (χ3n) is 6.21. The summed E-state index contributed by atoms with van der Waals surface area (Å²) in [6.07, 6.45) is 10.3. The number of allylic oxidation sites excluding steroid dienone is 5. The third-order valence-corrected chi connectivity index (χ3v) is 6.21. The number of aryl methyl sites for hydroxylation is 1. The molecule has 0 heterocycles. The van der Waals surface area contributed by atoms with Crippen molar-refractivity contribution in [3.8, 4) is 0 Å². The molecule has 0 amide bonds. The monoisotopic (exact) mass is 444 g/mol. The van der Waals surface area contributed by atoms with Crippen LogP contribution in [-0.4, -0.2) is 16.8 Å². The van der Waals surface area contributed by atoms with Gasteiger partial charge < -0.3 is 0 Å². The molecular formula is C31H50B2. The smallest absolute Gasteiger partial charge is 0 e. The van der Waals surface area contributed by atoms with Crippen LogP contribution >= 0.6 is 0 Å². The van der Waals surface area contributed by atoms with Crippen molar-refractivity contribution in [3.05, 3.63) is 76.9 Å². The van der Waals surface area contributed by atoms with E-state index in [-0.39, 0.29) is 35.1 Å². The van der Waals surface area contributed by atoms with Gasteiger partial charge in [-0.2, -0.15) is 0 Å². The lowest BCUT2D eigenvalue weighted by atomic mass is 9.82. The minimum atomic E-state index is 0. The highest BCUT2D eigenvalue weighted by atomic mass is 14.2. The molecule has 0 nitrogen and oxygen atoms in total. The average molecular weight is 444 g/mol. The second kappa shape index (κ2) is 15.3. The Morgan fingerprint density at radius 1 is 0.818 bits per heavy atom. The molecule has 2 heteroatoms. The van der Waals surface area contributed by atoms with Crippen molar-refractivity contribution in [1.29, 1.82) is 0 Å². The van der Waals surface area contributed by atoms with Gasteiger partial charge in [0.2, 0.25) is 0 Å².